The summed E-state index contributed by atoms with van der Waals surface area (Å²) in [4.78, 5) is 12.5. The predicted octanol–water partition coefficient (Wildman–Crippen LogP) is 5.47. The quantitative estimate of drug-likeness (QED) is 0.314. The van der Waals surface area contributed by atoms with E-state index >= 15 is 0 Å². The molecule has 4 nitrogen and oxygen atoms in total. The molecule has 0 radical (unpaired) electrons. The van der Waals surface area contributed by atoms with Gasteiger partial charge in [-0.2, -0.15) is 26.3 Å². The van der Waals surface area contributed by atoms with Crippen LogP contribution in [0.2, 0.25) is 0 Å². The number of rotatable bonds is 8. The number of methoxy groups -OCH3 is 1. The molecule has 0 aromatic heterocycles. The van der Waals surface area contributed by atoms with Crippen molar-refractivity contribution < 1.29 is 45.3 Å². The number of hydrogen-bond donors (Lipinski definition) is 0. The Labute approximate surface area is 167 Å². The second kappa shape index (κ2) is 9.55. The lowest BCUT2D eigenvalue weighted by atomic mass is 10.1. The summed E-state index contributed by atoms with van der Waals surface area (Å²) >= 11 is 0. The van der Waals surface area contributed by atoms with Crippen molar-refractivity contribution in [2.75, 3.05) is 20.3 Å². The molecule has 0 atom stereocenters. The molecule has 0 amide bonds. The van der Waals surface area contributed by atoms with Crippen LogP contribution in [0.3, 0.4) is 0 Å². The number of halogens is 6. The van der Waals surface area contributed by atoms with E-state index in [9.17, 15) is 31.1 Å². The number of carbonyl (C=O) groups excluding carboxylic acids is 1. The normalized spacial score (nSPS) is 12.1. The van der Waals surface area contributed by atoms with E-state index in [1.807, 2.05) is 0 Å². The third-order valence-corrected chi connectivity index (χ3v) is 3.55. The van der Waals surface area contributed by atoms with Gasteiger partial charge in [-0.3, -0.25) is 4.79 Å². The maximum Gasteiger partial charge on any atom is 0.422 e. The minimum atomic E-state index is -4.66. The van der Waals surface area contributed by atoms with Crippen molar-refractivity contribution in [3.05, 3.63) is 59.7 Å². The lowest BCUT2D eigenvalue weighted by Crippen LogP contribution is -2.21. The van der Waals surface area contributed by atoms with Crippen LogP contribution in [0.1, 0.15) is 15.9 Å². The average molecular weight is 434 g/mol. The highest BCUT2D eigenvalue weighted by molar-refractivity contribution is 6.08. The molecule has 2 rings (SSSR count). The first-order valence-corrected chi connectivity index (χ1v) is 8.36. The molecule has 0 aliphatic rings. The molecule has 10 heteroatoms. The molecule has 30 heavy (non-hydrogen) atoms. The summed E-state index contributed by atoms with van der Waals surface area (Å²) in [5, 5.41) is 0. The minimum absolute atomic E-state index is 0.340. The van der Waals surface area contributed by atoms with Gasteiger partial charge < -0.3 is 14.2 Å². The van der Waals surface area contributed by atoms with E-state index < -0.39 is 37.1 Å². The second-order valence-electron chi connectivity index (χ2n) is 5.94. The number of ketones is 1. The Bertz CT molecular complexity index is 886. The van der Waals surface area contributed by atoms with Crippen molar-refractivity contribution in [2.24, 2.45) is 0 Å². The number of alkyl halides is 6. The van der Waals surface area contributed by atoms with Gasteiger partial charge in [-0.05, 0) is 42.0 Å². The zero-order valence-electron chi connectivity index (χ0n) is 15.5. The maximum absolute atomic E-state index is 12.5. The molecule has 0 N–H and O–H groups in total. The SMILES string of the molecule is COc1ccc(C=CC(=O)c2cc(OCC(F)(F)F)ccc2OCC(F)(F)F)cc1. The van der Waals surface area contributed by atoms with E-state index in [1.165, 1.54) is 13.2 Å². The molecule has 0 spiro atoms. The van der Waals surface area contributed by atoms with Crippen LogP contribution in [0, 0.1) is 0 Å². The highest BCUT2D eigenvalue weighted by Crippen LogP contribution is 2.28. The van der Waals surface area contributed by atoms with Crippen LogP contribution in [0.15, 0.2) is 48.5 Å². The first-order valence-electron chi connectivity index (χ1n) is 8.36. The van der Waals surface area contributed by atoms with E-state index in [-0.39, 0.29) is 11.3 Å². The van der Waals surface area contributed by atoms with Gasteiger partial charge in [-0.25, -0.2) is 0 Å². The molecule has 2 aromatic rings. The van der Waals surface area contributed by atoms with Crippen molar-refractivity contribution in [3.63, 3.8) is 0 Å². The number of hydrogen-bond acceptors (Lipinski definition) is 4. The van der Waals surface area contributed by atoms with E-state index in [0.29, 0.717) is 11.3 Å². The highest BCUT2D eigenvalue weighted by atomic mass is 19.4. The minimum Gasteiger partial charge on any atom is -0.497 e. The van der Waals surface area contributed by atoms with Crippen molar-refractivity contribution in [3.8, 4) is 17.2 Å². The van der Waals surface area contributed by atoms with Gasteiger partial charge in [-0.1, -0.05) is 18.2 Å². The van der Waals surface area contributed by atoms with Crippen LogP contribution in [0.5, 0.6) is 17.2 Å². The lowest BCUT2D eigenvalue weighted by Gasteiger charge is -2.14. The second-order valence-corrected chi connectivity index (χ2v) is 5.94. The van der Waals surface area contributed by atoms with Crippen molar-refractivity contribution in [2.45, 2.75) is 12.4 Å². The summed E-state index contributed by atoms with van der Waals surface area (Å²) in [5.74, 6) is -0.972. The molecular weight excluding hydrogens is 418 g/mol. The standard InChI is InChI=1S/C20H16F6O4/c1-28-14-5-2-13(3-6-14)4-8-17(27)16-10-15(29-11-19(21,22)23)7-9-18(16)30-12-20(24,25)26/h2-10H,11-12H2,1H3. The van der Waals surface area contributed by atoms with Crippen LogP contribution in [0.4, 0.5) is 26.3 Å². The van der Waals surface area contributed by atoms with Crippen LogP contribution in [-0.4, -0.2) is 38.5 Å². The van der Waals surface area contributed by atoms with Gasteiger partial charge in [0.15, 0.2) is 19.0 Å². The highest BCUT2D eigenvalue weighted by Gasteiger charge is 2.30. The Balaban J connectivity index is 2.26. The fourth-order valence-electron chi connectivity index (χ4n) is 2.22. The molecule has 162 valence electrons. The van der Waals surface area contributed by atoms with Gasteiger partial charge in [-0.15, -0.1) is 0 Å². The smallest absolute Gasteiger partial charge is 0.422 e. The molecule has 0 saturated heterocycles. The Kier molecular flexibility index (Phi) is 7.36. The Hall–Kier alpha value is -3.17. The van der Waals surface area contributed by atoms with Gasteiger partial charge in [0.05, 0.1) is 12.7 Å². The molecular formula is C20H16F6O4. The fraction of sp³-hybridized carbons (Fsp3) is 0.250. The number of allylic oxidation sites excluding steroid dienone is 1. The van der Waals surface area contributed by atoms with Gasteiger partial charge in [0.2, 0.25) is 0 Å². The van der Waals surface area contributed by atoms with E-state index in [1.54, 1.807) is 24.3 Å². The van der Waals surface area contributed by atoms with Gasteiger partial charge in [0.25, 0.3) is 0 Å². The van der Waals surface area contributed by atoms with Crippen LogP contribution >= 0.6 is 0 Å². The largest absolute Gasteiger partial charge is 0.497 e. The summed E-state index contributed by atoms with van der Waals surface area (Å²) in [7, 11) is 1.48. The van der Waals surface area contributed by atoms with Crippen molar-refractivity contribution in [1.29, 1.82) is 0 Å². The third-order valence-electron chi connectivity index (χ3n) is 3.55. The predicted molar refractivity (Wildman–Crippen MR) is 95.9 cm³/mol. The first-order chi connectivity index (χ1) is 14.0. The number of ether oxygens (including phenoxy) is 3. The number of carbonyl (C=O) groups is 1. The Morgan fingerprint density at radius 3 is 2.00 bits per heavy atom. The Morgan fingerprint density at radius 2 is 1.43 bits per heavy atom. The molecule has 0 unspecified atom stereocenters. The summed E-state index contributed by atoms with van der Waals surface area (Å²) in [6, 6.07) is 9.37. The molecule has 0 fully saturated rings. The van der Waals surface area contributed by atoms with E-state index in [4.69, 9.17) is 4.74 Å². The van der Waals surface area contributed by atoms with Crippen molar-refractivity contribution >= 4 is 11.9 Å². The topological polar surface area (TPSA) is 44.8 Å². The van der Waals surface area contributed by atoms with Gasteiger partial charge in [0, 0.05) is 0 Å². The molecule has 0 aliphatic carbocycles. The monoisotopic (exact) mass is 434 g/mol. The summed E-state index contributed by atoms with van der Waals surface area (Å²) < 4.78 is 88.5. The molecule has 0 heterocycles. The summed E-state index contributed by atoms with van der Waals surface area (Å²) in [6.45, 7) is -3.29. The molecule has 2 aromatic carbocycles. The Morgan fingerprint density at radius 1 is 0.867 bits per heavy atom. The van der Waals surface area contributed by atoms with Gasteiger partial charge >= 0.3 is 12.4 Å². The lowest BCUT2D eigenvalue weighted by molar-refractivity contribution is -0.154. The average Bonchev–Trinajstić information content (AvgIpc) is 2.68. The van der Waals surface area contributed by atoms with Gasteiger partial charge in [0.1, 0.15) is 17.2 Å². The third kappa shape index (κ3) is 7.69. The van der Waals surface area contributed by atoms with E-state index in [0.717, 1.165) is 24.3 Å². The van der Waals surface area contributed by atoms with Crippen LogP contribution in [0.25, 0.3) is 6.08 Å². The summed E-state index contributed by atoms with van der Waals surface area (Å²) in [5.41, 5.74) is 0.218. The maximum atomic E-state index is 12.5. The zero-order chi connectivity index (χ0) is 22.4. The van der Waals surface area contributed by atoms with Crippen LogP contribution in [-0.2, 0) is 0 Å². The molecule has 0 saturated carbocycles. The van der Waals surface area contributed by atoms with E-state index in [2.05, 4.69) is 9.47 Å². The van der Waals surface area contributed by atoms with Crippen molar-refractivity contribution in [1.82, 2.24) is 0 Å². The number of benzene rings is 2. The fourth-order valence-corrected chi connectivity index (χ4v) is 2.22. The molecule has 0 bridgehead atoms. The summed E-state index contributed by atoms with van der Waals surface area (Å²) in [6.07, 6.45) is -6.84. The first kappa shape index (κ1) is 23.1. The molecule has 0 aliphatic heterocycles. The van der Waals surface area contributed by atoms with Crippen LogP contribution < -0.4 is 14.2 Å². The zero-order valence-corrected chi connectivity index (χ0v) is 15.5.